The average Bonchev–Trinajstić information content (AvgIpc) is 1.93. The van der Waals surface area contributed by atoms with Crippen molar-refractivity contribution in [1.82, 2.24) is 0 Å². The number of hydrogen-bond acceptors (Lipinski definition) is 8. The molecule has 64 valence electrons. The van der Waals surface area contributed by atoms with E-state index in [2.05, 4.69) is 33.6 Å². The zero-order chi connectivity index (χ0) is 8.24. The van der Waals surface area contributed by atoms with Gasteiger partial charge in [-0.2, -0.15) is 9.03 Å². The first kappa shape index (κ1) is 18.2. The van der Waals surface area contributed by atoms with Crippen molar-refractivity contribution in [1.29, 1.82) is 0 Å². The third-order valence-corrected chi connectivity index (χ3v) is 0.332. The van der Waals surface area contributed by atoms with Crippen LogP contribution in [0.4, 0.5) is 0 Å². The minimum atomic E-state index is -0.309. The summed E-state index contributed by atoms with van der Waals surface area (Å²) in [5, 5.41) is 27.9. The Morgan fingerprint density at radius 3 is 1.55 bits per heavy atom. The molecule has 0 amide bonds. The van der Waals surface area contributed by atoms with E-state index in [1.807, 2.05) is 0 Å². The summed E-state index contributed by atoms with van der Waals surface area (Å²) < 4.78 is 9.91. The molecule has 0 aliphatic carbocycles. The van der Waals surface area contributed by atoms with Crippen LogP contribution in [0.2, 0.25) is 0 Å². The molecule has 0 heterocycles. The summed E-state index contributed by atoms with van der Waals surface area (Å²) in [5.74, 6) is 0. The van der Waals surface area contributed by atoms with Crippen molar-refractivity contribution in [3.63, 3.8) is 0 Å². The Kier molecular flexibility index (Phi) is 37.1. The van der Waals surface area contributed by atoms with Crippen LogP contribution in [0.3, 0.4) is 0 Å². The van der Waals surface area contributed by atoms with E-state index >= 15 is 0 Å². The quantitative estimate of drug-likeness (QED) is 0.275. The summed E-state index contributed by atoms with van der Waals surface area (Å²) in [5.41, 5.74) is 0. The van der Waals surface area contributed by atoms with Gasteiger partial charge in [-0.1, -0.05) is 5.04 Å². The Balaban J connectivity index is -0.000000107. The van der Waals surface area contributed by atoms with Crippen LogP contribution in [0.15, 0.2) is 0 Å². The van der Waals surface area contributed by atoms with Gasteiger partial charge in [0.25, 0.3) is 0 Å². The van der Waals surface area contributed by atoms with E-state index in [-0.39, 0.29) is 32.1 Å². The Bertz CT molecular complexity index is 33.1. The second-order valence-corrected chi connectivity index (χ2v) is 1.11. The van der Waals surface area contributed by atoms with Crippen molar-refractivity contribution in [3.8, 4) is 0 Å². The van der Waals surface area contributed by atoms with Crippen LogP contribution < -0.4 is 0 Å². The molecule has 0 unspecified atom stereocenters. The van der Waals surface area contributed by atoms with Gasteiger partial charge in [0.2, 0.25) is 0 Å². The third-order valence-electron chi connectivity index (χ3n) is 0.131. The van der Waals surface area contributed by atoms with Gasteiger partial charge in [-0.15, -0.1) is 0 Å². The predicted molar refractivity (Wildman–Crippen MR) is 34.3 cm³/mol. The Labute approximate surface area is 81.8 Å². The Morgan fingerprint density at radius 1 is 1.09 bits per heavy atom. The van der Waals surface area contributed by atoms with Crippen LogP contribution in [-0.2, 0) is 24.1 Å². The molecule has 0 aromatic rings. The van der Waals surface area contributed by atoms with E-state index < -0.39 is 0 Å². The van der Waals surface area contributed by atoms with Crippen LogP contribution in [0, 0.1) is 0 Å². The fraction of sp³-hybridized carbons (Fsp3) is 0. The minimum Gasteiger partial charge on any atom is -0.391 e. The van der Waals surface area contributed by atoms with Crippen LogP contribution >= 0.6 is 18.5 Å². The summed E-state index contributed by atoms with van der Waals surface area (Å²) in [6.07, 6.45) is 0. The zero-order valence-electron chi connectivity index (χ0n) is 5.04. The Morgan fingerprint density at radius 2 is 1.55 bits per heavy atom. The van der Waals surface area contributed by atoms with E-state index in [9.17, 15) is 0 Å². The molecule has 8 nitrogen and oxygen atoms in total. The maximum atomic E-state index is 7.27. The molecule has 0 rings (SSSR count). The number of rotatable bonds is 4. The first-order valence-electron chi connectivity index (χ1n) is 1.45. The molecule has 0 radical (unpaired) electrons. The molecule has 0 bridgehead atoms. The number of hydrogen-bond donors (Lipinski definition) is 3. The first-order chi connectivity index (χ1) is 4.83. The average molecular weight is 218 g/mol. The van der Waals surface area contributed by atoms with Gasteiger partial charge in [0.1, 0.15) is 0 Å². The molecule has 0 aliphatic heterocycles. The van der Waals surface area contributed by atoms with Crippen LogP contribution in [0.1, 0.15) is 0 Å². The molecule has 0 fully saturated rings. The monoisotopic (exact) mass is 218 g/mol. The van der Waals surface area contributed by atoms with E-state index in [0.717, 1.165) is 0 Å². The van der Waals surface area contributed by atoms with E-state index in [1.54, 1.807) is 0 Å². The second-order valence-electron chi connectivity index (χ2n) is 0.464. The second kappa shape index (κ2) is 22.5. The molecular formula is H4MgO8P2. The van der Waals surface area contributed by atoms with Crippen molar-refractivity contribution in [2.45, 2.75) is 0 Å². The molecule has 11 heteroatoms. The maximum Gasteiger partial charge on any atom is 2.00 e. The fourth-order valence-corrected chi connectivity index (χ4v) is 0.0904. The standard InChI is InChI=1S/Mg.2H2O4P/c;1-3-5-4-2;1-2-3-4-5/h;1-2H;1,5H/q+2;2*-1. The van der Waals surface area contributed by atoms with Crippen LogP contribution in [-0.4, -0.2) is 38.8 Å². The van der Waals surface area contributed by atoms with E-state index in [1.165, 1.54) is 0 Å². The van der Waals surface area contributed by atoms with Gasteiger partial charge in [0, 0.05) is 0 Å². The van der Waals surface area contributed by atoms with Crippen molar-refractivity contribution in [2.75, 3.05) is 0 Å². The molecule has 0 aromatic heterocycles. The zero-order valence-corrected chi connectivity index (χ0v) is 8.35. The molecule has 11 heavy (non-hydrogen) atoms. The van der Waals surface area contributed by atoms with Crippen molar-refractivity contribution in [2.24, 2.45) is 0 Å². The molecule has 0 spiro atoms. The molecule has 0 aromatic carbocycles. The molecule has 0 saturated carbocycles. The topological polar surface area (TPSA) is 107 Å². The summed E-state index contributed by atoms with van der Waals surface area (Å²) in [4.78, 5) is 0. The summed E-state index contributed by atoms with van der Waals surface area (Å²) in [6, 6.07) is 0. The van der Waals surface area contributed by atoms with E-state index in [0.29, 0.717) is 0 Å². The van der Waals surface area contributed by atoms with Crippen molar-refractivity contribution < 1.29 is 39.9 Å². The normalized spacial score (nSPS) is 7.64. The fourth-order valence-electron chi connectivity index (χ4n) is 0.0301. The molecule has 3 N–H and O–H groups in total. The predicted octanol–water partition coefficient (Wildman–Crippen LogP) is 0.758. The third kappa shape index (κ3) is 34.8. The molecule has 0 saturated heterocycles. The van der Waals surface area contributed by atoms with Gasteiger partial charge in [0.05, 0.1) is 0 Å². The van der Waals surface area contributed by atoms with Gasteiger partial charge in [-0.3, -0.25) is 10.5 Å². The largest absolute Gasteiger partial charge is 2.00 e. The van der Waals surface area contributed by atoms with E-state index in [4.69, 9.17) is 15.8 Å². The smallest absolute Gasteiger partial charge is 0.391 e. The summed E-state index contributed by atoms with van der Waals surface area (Å²) in [6.45, 7) is 0. The maximum absolute atomic E-state index is 7.27. The first-order valence-corrected chi connectivity index (χ1v) is 2.59. The van der Waals surface area contributed by atoms with Gasteiger partial charge >= 0.3 is 23.1 Å². The van der Waals surface area contributed by atoms with Gasteiger partial charge in [0.15, 0.2) is 0 Å². The van der Waals surface area contributed by atoms with Gasteiger partial charge in [-0.05, 0) is 5.04 Å². The molecule has 0 aliphatic rings. The van der Waals surface area contributed by atoms with Crippen LogP contribution in [0.25, 0.3) is 0 Å². The van der Waals surface area contributed by atoms with Crippen LogP contribution in [0.5, 0.6) is 0 Å². The SMILES string of the molecule is OOOO[PH-].OO[P-]OO.[Mg+2]. The minimum absolute atomic E-state index is 0. The van der Waals surface area contributed by atoms with Crippen molar-refractivity contribution in [3.05, 3.63) is 0 Å². The summed E-state index contributed by atoms with van der Waals surface area (Å²) in [7, 11) is 2.03. The summed E-state index contributed by atoms with van der Waals surface area (Å²) >= 11 is 0. The van der Waals surface area contributed by atoms with Crippen molar-refractivity contribution >= 4 is 41.6 Å². The van der Waals surface area contributed by atoms with Gasteiger partial charge in [-0.25, -0.2) is 5.26 Å². The Hall–Kier alpha value is 1.31. The van der Waals surface area contributed by atoms with Gasteiger partial charge < -0.3 is 23.5 Å². The molecule has 0 atom stereocenters. The molecular weight excluding hydrogens is 214 g/mol.